The number of halogens is 2. The van der Waals surface area contributed by atoms with Crippen LogP contribution < -0.4 is 0 Å². The van der Waals surface area contributed by atoms with Crippen molar-refractivity contribution in [1.29, 1.82) is 0 Å². The summed E-state index contributed by atoms with van der Waals surface area (Å²) < 4.78 is 26.3. The summed E-state index contributed by atoms with van der Waals surface area (Å²) >= 11 is 1.07. The Morgan fingerprint density at radius 3 is 2.31 bits per heavy atom. The van der Waals surface area contributed by atoms with Gasteiger partial charge in [-0.25, -0.2) is 8.78 Å². The first kappa shape index (κ1) is 10.3. The van der Waals surface area contributed by atoms with E-state index in [9.17, 15) is 8.78 Å². The lowest BCUT2D eigenvalue weighted by Gasteiger charge is -2.03. The van der Waals surface area contributed by atoms with E-state index in [0.29, 0.717) is 12.0 Å². The maximum Gasteiger partial charge on any atom is 0.140 e. The van der Waals surface area contributed by atoms with Gasteiger partial charge in [0.05, 0.1) is 4.90 Å². The summed E-state index contributed by atoms with van der Waals surface area (Å²) in [6.07, 6.45) is 3.75. The molecule has 1 aromatic carbocycles. The fourth-order valence-electron chi connectivity index (χ4n) is 1.09. The van der Waals surface area contributed by atoms with Crippen LogP contribution in [0.2, 0.25) is 0 Å². The zero-order valence-electron chi connectivity index (χ0n) is 7.31. The average Bonchev–Trinajstić information content (AvgIpc) is 2.04. The quantitative estimate of drug-likeness (QED) is 0.532. The summed E-state index contributed by atoms with van der Waals surface area (Å²) in [7, 11) is 0. The normalized spacial score (nSPS) is 10.1. The molecule has 0 saturated heterocycles. The Morgan fingerprint density at radius 1 is 1.38 bits per heavy atom. The van der Waals surface area contributed by atoms with Gasteiger partial charge in [0.25, 0.3) is 0 Å². The van der Waals surface area contributed by atoms with Crippen molar-refractivity contribution in [2.24, 2.45) is 0 Å². The highest BCUT2D eigenvalue weighted by Crippen LogP contribution is 2.24. The van der Waals surface area contributed by atoms with Gasteiger partial charge in [0, 0.05) is 0 Å². The van der Waals surface area contributed by atoms with Gasteiger partial charge in [0.15, 0.2) is 0 Å². The van der Waals surface area contributed by atoms with E-state index in [1.54, 1.807) is 12.3 Å². The molecule has 0 aliphatic heterocycles. The second kappa shape index (κ2) is 4.42. The van der Waals surface area contributed by atoms with Crippen LogP contribution >= 0.6 is 11.8 Å². The molecule has 13 heavy (non-hydrogen) atoms. The first-order valence-electron chi connectivity index (χ1n) is 3.82. The van der Waals surface area contributed by atoms with E-state index in [4.69, 9.17) is 0 Å². The Morgan fingerprint density at radius 2 is 1.92 bits per heavy atom. The molecular weight excluding hydrogens is 190 g/mol. The molecular formula is C10H10F2S. The maximum atomic E-state index is 13.1. The number of hydrogen-bond donors (Lipinski definition) is 0. The number of benzene rings is 1. The summed E-state index contributed by atoms with van der Waals surface area (Å²) in [6, 6.07) is 2.69. The number of allylic oxidation sites excluding steroid dienone is 1. The van der Waals surface area contributed by atoms with E-state index in [1.165, 1.54) is 12.1 Å². The van der Waals surface area contributed by atoms with Gasteiger partial charge in [-0.1, -0.05) is 6.08 Å². The first-order chi connectivity index (χ1) is 6.19. The smallest absolute Gasteiger partial charge is 0.140 e. The van der Waals surface area contributed by atoms with Crippen molar-refractivity contribution in [3.05, 3.63) is 42.0 Å². The third-order valence-electron chi connectivity index (χ3n) is 1.64. The highest BCUT2D eigenvalue weighted by molar-refractivity contribution is 7.98. The summed E-state index contributed by atoms with van der Waals surface area (Å²) in [6.45, 7) is 3.51. The Labute approximate surface area is 80.7 Å². The van der Waals surface area contributed by atoms with Gasteiger partial charge >= 0.3 is 0 Å². The van der Waals surface area contributed by atoms with Gasteiger partial charge in [0.2, 0.25) is 0 Å². The molecule has 0 spiro atoms. The van der Waals surface area contributed by atoms with Crippen molar-refractivity contribution in [2.45, 2.75) is 11.3 Å². The van der Waals surface area contributed by atoms with E-state index >= 15 is 0 Å². The van der Waals surface area contributed by atoms with Crippen molar-refractivity contribution in [3.8, 4) is 0 Å². The molecule has 3 heteroatoms. The molecule has 0 N–H and O–H groups in total. The topological polar surface area (TPSA) is 0 Å². The second-order valence-electron chi connectivity index (χ2n) is 2.59. The van der Waals surface area contributed by atoms with Crippen LogP contribution in [0.1, 0.15) is 5.56 Å². The lowest BCUT2D eigenvalue weighted by Crippen LogP contribution is -1.91. The molecule has 0 saturated carbocycles. The van der Waals surface area contributed by atoms with Gasteiger partial charge in [-0.15, -0.1) is 18.3 Å². The fraction of sp³-hybridized carbons (Fsp3) is 0.200. The molecule has 70 valence electrons. The summed E-state index contributed by atoms with van der Waals surface area (Å²) in [4.78, 5) is 0.0767. The van der Waals surface area contributed by atoms with Crippen LogP contribution in [0.15, 0.2) is 29.7 Å². The minimum atomic E-state index is -0.496. The summed E-state index contributed by atoms with van der Waals surface area (Å²) in [5.41, 5.74) is 0.614. The van der Waals surface area contributed by atoms with Crippen LogP contribution in [0.4, 0.5) is 8.78 Å². The van der Waals surface area contributed by atoms with Gasteiger partial charge in [0.1, 0.15) is 11.6 Å². The van der Waals surface area contributed by atoms with Crippen molar-refractivity contribution >= 4 is 11.8 Å². The zero-order chi connectivity index (χ0) is 9.84. The third-order valence-corrected chi connectivity index (χ3v) is 2.44. The molecule has 0 nitrogen and oxygen atoms in total. The van der Waals surface area contributed by atoms with Crippen LogP contribution in [0.3, 0.4) is 0 Å². The number of rotatable bonds is 3. The van der Waals surface area contributed by atoms with Gasteiger partial charge in [-0.2, -0.15) is 0 Å². The van der Waals surface area contributed by atoms with Crippen molar-refractivity contribution in [1.82, 2.24) is 0 Å². The largest absolute Gasteiger partial charge is 0.206 e. The molecule has 0 fully saturated rings. The number of thioether (sulfide) groups is 1. The molecule has 1 rings (SSSR count). The summed E-state index contributed by atoms with van der Waals surface area (Å²) in [5, 5.41) is 0. The third kappa shape index (κ3) is 2.31. The lowest BCUT2D eigenvalue weighted by molar-refractivity contribution is 0.538. The molecule has 0 unspecified atom stereocenters. The average molecular weight is 200 g/mol. The minimum absolute atomic E-state index is 0.0767. The predicted molar refractivity (Wildman–Crippen MR) is 52.0 cm³/mol. The van der Waals surface area contributed by atoms with E-state index in [0.717, 1.165) is 11.8 Å². The Bertz CT molecular complexity index is 298. The second-order valence-corrected chi connectivity index (χ2v) is 3.40. The van der Waals surface area contributed by atoms with Crippen molar-refractivity contribution in [3.63, 3.8) is 0 Å². The van der Waals surface area contributed by atoms with Gasteiger partial charge in [-0.3, -0.25) is 0 Å². The first-order valence-corrected chi connectivity index (χ1v) is 5.04. The molecule has 0 heterocycles. The lowest BCUT2D eigenvalue weighted by atomic mass is 10.1. The molecule has 0 bridgehead atoms. The van der Waals surface area contributed by atoms with Crippen molar-refractivity contribution in [2.75, 3.05) is 6.26 Å². The van der Waals surface area contributed by atoms with E-state index < -0.39 is 11.6 Å². The molecule has 0 aliphatic carbocycles. The van der Waals surface area contributed by atoms with Crippen LogP contribution in [-0.2, 0) is 6.42 Å². The number of hydrogen-bond acceptors (Lipinski definition) is 1. The monoisotopic (exact) mass is 200 g/mol. The molecule has 1 aromatic rings. The molecule has 0 aliphatic rings. The zero-order valence-corrected chi connectivity index (χ0v) is 8.13. The van der Waals surface area contributed by atoms with Crippen LogP contribution in [0, 0.1) is 11.6 Å². The van der Waals surface area contributed by atoms with Crippen LogP contribution in [-0.4, -0.2) is 6.26 Å². The van der Waals surface area contributed by atoms with Crippen LogP contribution in [0.5, 0.6) is 0 Å². The highest BCUT2D eigenvalue weighted by atomic mass is 32.2. The Hall–Kier alpha value is -0.830. The highest BCUT2D eigenvalue weighted by Gasteiger charge is 2.08. The van der Waals surface area contributed by atoms with Crippen molar-refractivity contribution < 1.29 is 8.78 Å². The maximum absolute atomic E-state index is 13.1. The van der Waals surface area contributed by atoms with E-state index in [2.05, 4.69) is 6.58 Å². The van der Waals surface area contributed by atoms with Gasteiger partial charge in [-0.05, 0) is 30.4 Å². The van der Waals surface area contributed by atoms with E-state index in [1.807, 2.05) is 0 Å². The predicted octanol–water partition coefficient (Wildman–Crippen LogP) is 3.42. The SMILES string of the molecule is C=CCc1cc(F)c(SC)c(F)c1. The van der Waals surface area contributed by atoms with Crippen LogP contribution in [0.25, 0.3) is 0 Å². The van der Waals surface area contributed by atoms with Gasteiger partial charge < -0.3 is 0 Å². The summed E-state index contributed by atoms with van der Waals surface area (Å²) in [5.74, 6) is -0.992. The standard InChI is InChI=1S/C10H10F2S/c1-3-4-7-5-8(11)10(13-2)9(12)6-7/h3,5-6H,1,4H2,2H3. The molecule has 0 amide bonds. The fourth-order valence-corrected chi connectivity index (χ4v) is 1.60. The molecule has 0 radical (unpaired) electrons. The minimum Gasteiger partial charge on any atom is -0.206 e. The van der Waals surface area contributed by atoms with E-state index in [-0.39, 0.29) is 4.90 Å². The molecule has 0 atom stereocenters. The molecule has 0 aromatic heterocycles. The Kier molecular flexibility index (Phi) is 3.48. The Balaban J connectivity index is 3.12.